The maximum Gasteiger partial charge on any atom is 0.253 e. The number of benzene rings is 1. The van der Waals surface area contributed by atoms with Gasteiger partial charge in [-0.3, -0.25) is 14.8 Å². The predicted octanol–water partition coefficient (Wildman–Crippen LogP) is 3.40. The monoisotopic (exact) mass is 305 g/mol. The molecule has 0 aliphatic carbocycles. The molecular formula is C16H20ClN3O. The summed E-state index contributed by atoms with van der Waals surface area (Å²) in [6.07, 6.45) is 5.24. The van der Waals surface area contributed by atoms with Crippen molar-refractivity contribution in [3.8, 4) is 0 Å². The molecule has 0 aliphatic heterocycles. The SMILES string of the molecule is CCC(CC)C(Cl)CNC(=O)c1cccc2nccnc12. The van der Waals surface area contributed by atoms with E-state index in [1.54, 1.807) is 18.5 Å². The van der Waals surface area contributed by atoms with Crippen LogP contribution in [0.4, 0.5) is 0 Å². The number of hydrogen-bond donors (Lipinski definition) is 1. The molecule has 0 aliphatic rings. The van der Waals surface area contributed by atoms with Gasteiger partial charge in [0.05, 0.1) is 16.5 Å². The normalized spacial score (nSPS) is 12.6. The van der Waals surface area contributed by atoms with Gasteiger partial charge in [-0.05, 0) is 18.1 Å². The molecule has 1 atom stereocenters. The summed E-state index contributed by atoms with van der Waals surface area (Å²) in [4.78, 5) is 20.8. The van der Waals surface area contributed by atoms with E-state index in [2.05, 4.69) is 29.1 Å². The van der Waals surface area contributed by atoms with Crippen LogP contribution in [-0.4, -0.2) is 27.8 Å². The first kappa shape index (κ1) is 15.7. The Morgan fingerprint density at radius 2 is 1.95 bits per heavy atom. The summed E-state index contributed by atoms with van der Waals surface area (Å²) in [6, 6.07) is 5.41. The molecule has 1 aromatic heterocycles. The van der Waals surface area contributed by atoms with Gasteiger partial charge in [-0.15, -0.1) is 11.6 Å². The highest BCUT2D eigenvalue weighted by molar-refractivity contribution is 6.21. The maximum absolute atomic E-state index is 12.3. The topological polar surface area (TPSA) is 54.9 Å². The van der Waals surface area contributed by atoms with Gasteiger partial charge in [-0.2, -0.15) is 0 Å². The Hall–Kier alpha value is -1.68. The summed E-state index contributed by atoms with van der Waals surface area (Å²) >= 11 is 6.35. The highest BCUT2D eigenvalue weighted by atomic mass is 35.5. The van der Waals surface area contributed by atoms with Crippen LogP contribution in [-0.2, 0) is 0 Å². The van der Waals surface area contributed by atoms with E-state index < -0.39 is 0 Å². The van der Waals surface area contributed by atoms with Crippen molar-refractivity contribution in [2.75, 3.05) is 6.54 Å². The lowest BCUT2D eigenvalue weighted by molar-refractivity contribution is 0.0953. The molecule has 21 heavy (non-hydrogen) atoms. The highest BCUT2D eigenvalue weighted by Gasteiger charge is 2.18. The molecule has 0 bridgehead atoms. The van der Waals surface area contributed by atoms with Crippen LogP contribution in [0.1, 0.15) is 37.0 Å². The second-order valence-corrected chi connectivity index (χ2v) is 5.59. The van der Waals surface area contributed by atoms with Crippen LogP contribution >= 0.6 is 11.6 Å². The van der Waals surface area contributed by atoms with Crippen LogP contribution in [0.25, 0.3) is 11.0 Å². The fraction of sp³-hybridized carbons (Fsp3) is 0.438. The van der Waals surface area contributed by atoms with Crippen molar-refractivity contribution in [3.05, 3.63) is 36.2 Å². The average molecular weight is 306 g/mol. The number of aromatic nitrogens is 2. The number of halogens is 1. The fourth-order valence-corrected chi connectivity index (χ4v) is 2.86. The third kappa shape index (κ3) is 3.70. The zero-order valence-electron chi connectivity index (χ0n) is 12.3. The molecule has 4 nitrogen and oxygen atoms in total. The van der Waals surface area contributed by atoms with Gasteiger partial charge in [0.2, 0.25) is 0 Å². The molecule has 1 aromatic carbocycles. The van der Waals surface area contributed by atoms with Crippen molar-refractivity contribution >= 4 is 28.5 Å². The van der Waals surface area contributed by atoms with Gasteiger partial charge in [0.15, 0.2) is 0 Å². The summed E-state index contributed by atoms with van der Waals surface area (Å²) in [5.74, 6) is 0.261. The minimum atomic E-state index is -0.155. The molecule has 112 valence electrons. The molecular weight excluding hydrogens is 286 g/mol. The molecule has 2 aromatic rings. The Labute approximate surface area is 129 Å². The summed E-state index contributed by atoms with van der Waals surface area (Å²) in [7, 11) is 0. The van der Waals surface area contributed by atoms with Crippen LogP contribution in [0.3, 0.4) is 0 Å². The van der Waals surface area contributed by atoms with Crippen molar-refractivity contribution in [1.29, 1.82) is 0 Å². The van der Waals surface area contributed by atoms with Crippen molar-refractivity contribution in [3.63, 3.8) is 0 Å². The molecule has 1 unspecified atom stereocenters. The number of hydrogen-bond acceptors (Lipinski definition) is 3. The number of carbonyl (C=O) groups is 1. The van der Waals surface area contributed by atoms with Gasteiger partial charge in [-0.1, -0.05) is 32.8 Å². The lowest BCUT2D eigenvalue weighted by Gasteiger charge is -2.19. The van der Waals surface area contributed by atoms with E-state index in [9.17, 15) is 4.79 Å². The average Bonchev–Trinajstić information content (AvgIpc) is 2.53. The summed E-state index contributed by atoms with van der Waals surface area (Å²) in [6.45, 7) is 4.70. The number of para-hydroxylation sites is 1. The molecule has 0 fully saturated rings. The van der Waals surface area contributed by atoms with Crippen LogP contribution in [0.5, 0.6) is 0 Å². The number of fused-ring (bicyclic) bond motifs is 1. The summed E-state index contributed by atoms with van der Waals surface area (Å²) in [5, 5.41) is 2.85. The van der Waals surface area contributed by atoms with Gasteiger partial charge in [-0.25, -0.2) is 0 Å². The molecule has 1 N–H and O–H groups in total. The molecule has 1 amide bonds. The Morgan fingerprint density at radius 1 is 1.24 bits per heavy atom. The minimum Gasteiger partial charge on any atom is -0.350 e. The Morgan fingerprint density at radius 3 is 2.67 bits per heavy atom. The molecule has 2 rings (SSSR count). The quantitative estimate of drug-likeness (QED) is 0.832. The zero-order chi connectivity index (χ0) is 15.2. The molecule has 1 heterocycles. The number of alkyl halides is 1. The third-order valence-corrected chi connectivity index (χ3v) is 4.27. The van der Waals surface area contributed by atoms with Crippen LogP contribution in [0.2, 0.25) is 0 Å². The molecule has 0 radical (unpaired) electrons. The van der Waals surface area contributed by atoms with E-state index >= 15 is 0 Å². The minimum absolute atomic E-state index is 0.0509. The smallest absolute Gasteiger partial charge is 0.253 e. The van der Waals surface area contributed by atoms with E-state index in [0.29, 0.717) is 29.1 Å². The summed E-state index contributed by atoms with van der Waals surface area (Å²) < 4.78 is 0. The number of nitrogens with zero attached hydrogens (tertiary/aromatic N) is 2. The Balaban J connectivity index is 2.09. The number of nitrogens with one attached hydrogen (secondary N) is 1. The van der Waals surface area contributed by atoms with E-state index in [1.807, 2.05) is 12.1 Å². The number of rotatable bonds is 6. The van der Waals surface area contributed by atoms with Gasteiger partial charge < -0.3 is 5.32 Å². The first-order chi connectivity index (χ1) is 10.2. The number of amides is 1. The van der Waals surface area contributed by atoms with Crippen molar-refractivity contribution in [1.82, 2.24) is 15.3 Å². The fourth-order valence-electron chi connectivity index (χ4n) is 2.43. The Bertz CT molecular complexity index is 608. The second kappa shape index (κ2) is 7.36. The molecule has 0 saturated carbocycles. The van der Waals surface area contributed by atoms with Crippen LogP contribution < -0.4 is 5.32 Å². The van der Waals surface area contributed by atoms with Gasteiger partial charge in [0.1, 0.15) is 5.52 Å². The van der Waals surface area contributed by atoms with Gasteiger partial charge >= 0.3 is 0 Å². The maximum atomic E-state index is 12.3. The van der Waals surface area contributed by atoms with E-state index in [1.165, 1.54) is 0 Å². The van der Waals surface area contributed by atoms with E-state index in [0.717, 1.165) is 12.8 Å². The largest absolute Gasteiger partial charge is 0.350 e. The Kier molecular flexibility index (Phi) is 5.51. The van der Waals surface area contributed by atoms with E-state index in [-0.39, 0.29) is 11.3 Å². The first-order valence-corrected chi connectivity index (χ1v) is 7.73. The molecule has 0 spiro atoms. The summed E-state index contributed by atoms with van der Waals surface area (Å²) in [5.41, 5.74) is 1.87. The second-order valence-electron chi connectivity index (χ2n) is 5.03. The standard InChI is InChI=1S/C16H20ClN3O/c1-3-11(4-2)13(17)10-20-16(21)12-6-5-7-14-15(12)19-9-8-18-14/h5-9,11,13H,3-4,10H2,1-2H3,(H,20,21). The van der Waals surface area contributed by atoms with Crippen LogP contribution in [0.15, 0.2) is 30.6 Å². The number of carbonyl (C=O) groups excluding carboxylic acids is 1. The molecule has 5 heteroatoms. The highest BCUT2D eigenvalue weighted by Crippen LogP contribution is 2.18. The lowest BCUT2D eigenvalue weighted by Crippen LogP contribution is -2.33. The van der Waals surface area contributed by atoms with Crippen molar-refractivity contribution in [2.24, 2.45) is 5.92 Å². The van der Waals surface area contributed by atoms with Gasteiger partial charge in [0.25, 0.3) is 5.91 Å². The van der Waals surface area contributed by atoms with Crippen molar-refractivity contribution < 1.29 is 4.79 Å². The van der Waals surface area contributed by atoms with Gasteiger partial charge in [0, 0.05) is 18.9 Å². The zero-order valence-corrected chi connectivity index (χ0v) is 13.1. The lowest BCUT2D eigenvalue weighted by atomic mass is 9.99. The predicted molar refractivity (Wildman–Crippen MR) is 85.6 cm³/mol. The first-order valence-electron chi connectivity index (χ1n) is 7.29. The van der Waals surface area contributed by atoms with Crippen LogP contribution in [0, 0.1) is 5.92 Å². The third-order valence-electron chi connectivity index (χ3n) is 3.76. The van der Waals surface area contributed by atoms with E-state index in [4.69, 9.17) is 11.6 Å². The van der Waals surface area contributed by atoms with Crippen molar-refractivity contribution in [2.45, 2.75) is 32.1 Å². The molecule has 0 saturated heterocycles.